The van der Waals surface area contributed by atoms with Gasteiger partial charge >= 0.3 is 11.0 Å². The predicted octanol–water partition coefficient (Wildman–Crippen LogP) is 6.69. The summed E-state index contributed by atoms with van der Waals surface area (Å²) in [5.41, 5.74) is -0.940. The number of thioether (sulfide) groups is 1. The number of halogens is 5. The van der Waals surface area contributed by atoms with Crippen molar-refractivity contribution in [3.8, 4) is 11.5 Å². The molecule has 0 spiro atoms. The quantitative estimate of drug-likeness (QED) is 0.212. The van der Waals surface area contributed by atoms with Crippen LogP contribution in [0.4, 0.5) is 24.5 Å². The second-order valence-electron chi connectivity index (χ2n) is 10.5. The maximum absolute atomic E-state index is 14.1. The number of hydrogen-bond donors (Lipinski definition) is 1. The lowest BCUT2D eigenvalue weighted by atomic mass is 9.83. The number of benzene rings is 3. The van der Waals surface area contributed by atoms with Crippen LogP contribution >= 0.6 is 46.3 Å². The van der Waals surface area contributed by atoms with Crippen LogP contribution in [-0.4, -0.2) is 41.8 Å². The number of aromatic nitrogens is 1. The molecule has 2 aliphatic rings. The first-order chi connectivity index (χ1) is 22.3. The van der Waals surface area contributed by atoms with Crippen LogP contribution in [0.15, 0.2) is 70.5 Å². The third kappa shape index (κ3) is 5.88. The van der Waals surface area contributed by atoms with Gasteiger partial charge in [-0.3, -0.25) is 23.7 Å². The number of carbonyl (C=O) groups is 3. The SMILES string of the molecule is COc1ccc(C2c3sc(=O)n(CC(=O)Nc4ccc(Cl)c(Cl)c4)c3SC3C(=O)N(c4ccccc4C(F)(F)F)C(=O)C32)cc1OC. The number of amides is 3. The van der Waals surface area contributed by atoms with Crippen molar-refractivity contribution in [3.05, 3.63) is 96.4 Å². The van der Waals surface area contributed by atoms with E-state index in [2.05, 4.69) is 5.32 Å². The average Bonchev–Trinajstić information content (AvgIpc) is 3.48. The van der Waals surface area contributed by atoms with Crippen LogP contribution in [0.2, 0.25) is 10.0 Å². The predicted molar refractivity (Wildman–Crippen MR) is 172 cm³/mol. The third-order valence-electron chi connectivity index (χ3n) is 7.77. The second-order valence-corrected chi connectivity index (χ2v) is 13.4. The monoisotopic (exact) mass is 723 g/mol. The number of nitrogens with zero attached hydrogens (tertiary/aromatic N) is 2. The van der Waals surface area contributed by atoms with Crippen molar-refractivity contribution in [2.45, 2.75) is 28.9 Å². The number of hydrogen-bond acceptors (Lipinski definition) is 8. The molecule has 3 atom stereocenters. The van der Waals surface area contributed by atoms with E-state index in [1.165, 1.54) is 49.1 Å². The molecule has 1 aromatic heterocycles. The Labute approximate surface area is 283 Å². The molecule has 244 valence electrons. The molecule has 1 saturated heterocycles. The number of ether oxygens (including phenoxy) is 2. The van der Waals surface area contributed by atoms with E-state index >= 15 is 0 Å². The second kappa shape index (κ2) is 12.6. The smallest absolute Gasteiger partial charge is 0.418 e. The molecular weight excluding hydrogens is 702 g/mol. The number of imide groups is 1. The van der Waals surface area contributed by atoms with Crippen molar-refractivity contribution in [2.24, 2.45) is 5.92 Å². The van der Waals surface area contributed by atoms with Crippen LogP contribution in [-0.2, 0) is 27.1 Å². The standard InChI is InChI=1S/C31H22Cl2F3N3O6S2/c1-44-20-10-7-14(11-21(20)45-2)23-24-25(28(42)39(27(24)41)19-6-4-3-5-16(19)31(34,35)36)46-29-26(23)47-30(43)38(29)13-22(40)37-15-8-9-17(32)18(33)12-15/h3-12,23-25H,13H2,1-2H3,(H,37,40). The van der Waals surface area contributed by atoms with E-state index in [9.17, 15) is 32.3 Å². The number of anilines is 2. The van der Waals surface area contributed by atoms with Crippen molar-refractivity contribution < 1.29 is 37.0 Å². The van der Waals surface area contributed by atoms with Crippen molar-refractivity contribution in [1.29, 1.82) is 0 Å². The van der Waals surface area contributed by atoms with Gasteiger partial charge in [0.05, 0.1) is 46.5 Å². The van der Waals surface area contributed by atoms with Crippen LogP contribution < -0.4 is 24.6 Å². The number of rotatable bonds is 7. The molecule has 9 nitrogen and oxygen atoms in total. The Morgan fingerprint density at radius 3 is 2.34 bits per heavy atom. The fourth-order valence-electron chi connectivity index (χ4n) is 5.72. The minimum absolute atomic E-state index is 0.204. The molecule has 0 radical (unpaired) electrons. The summed E-state index contributed by atoms with van der Waals surface area (Å²) in [4.78, 5) is 55.1. The first kappa shape index (κ1) is 32.9. The van der Waals surface area contributed by atoms with Gasteiger partial charge in [-0.25, -0.2) is 4.90 Å². The number of fused-ring (bicyclic) bond motifs is 2. The molecule has 3 amide bonds. The van der Waals surface area contributed by atoms with Crippen LogP contribution in [0, 0.1) is 5.92 Å². The average molecular weight is 725 g/mol. The number of alkyl halides is 3. The number of thiazole rings is 1. The molecule has 6 rings (SSSR count). The summed E-state index contributed by atoms with van der Waals surface area (Å²) in [6.45, 7) is -0.462. The van der Waals surface area contributed by atoms with Gasteiger partial charge in [-0.15, -0.1) is 0 Å². The lowest BCUT2D eigenvalue weighted by Crippen LogP contribution is -2.33. The third-order valence-corrected chi connectivity index (χ3v) is 11.1. The fourth-order valence-corrected chi connectivity index (χ4v) is 8.80. The van der Waals surface area contributed by atoms with Gasteiger partial charge in [0.15, 0.2) is 11.5 Å². The largest absolute Gasteiger partial charge is 0.493 e. The molecular formula is C31H22Cl2F3N3O6S2. The fraction of sp³-hybridized carbons (Fsp3) is 0.226. The molecule has 47 heavy (non-hydrogen) atoms. The molecule has 0 aliphatic carbocycles. The molecule has 0 bridgehead atoms. The van der Waals surface area contributed by atoms with E-state index in [0.29, 0.717) is 32.5 Å². The summed E-state index contributed by atoms with van der Waals surface area (Å²) in [5, 5.41) is 2.17. The highest BCUT2D eigenvalue weighted by molar-refractivity contribution is 8.00. The van der Waals surface area contributed by atoms with Crippen LogP contribution in [0.25, 0.3) is 0 Å². The number of nitrogens with one attached hydrogen (secondary N) is 1. The summed E-state index contributed by atoms with van der Waals surface area (Å²) in [6.07, 6.45) is -4.85. The van der Waals surface area contributed by atoms with Gasteiger partial charge in [0.1, 0.15) is 11.8 Å². The molecule has 3 aromatic carbocycles. The number of carbonyl (C=O) groups excluding carboxylic acids is 3. The summed E-state index contributed by atoms with van der Waals surface area (Å²) in [7, 11) is 2.85. The van der Waals surface area contributed by atoms with E-state index in [1.807, 2.05) is 0 Å². The van der Waals surface area contributed by atoms with Crippen molar-refractivity contribution in [2.75, 3.05) is 24.4 Å². The van der Waals surface area contributed by atoms with Gasteiger partial charge in [-0.05, 0) is 48.0 Å². The summed E-state index contributed by atoms with van der Waals surface area (Å²) in [5.74, 6) is -3.78. The lowest BCUT2D eigenvalue weighted by molar-refractivity contribution is -0.137. The molecule has 16 heteroatoms. The minimum atomic E-state index is -4.85. The highest BCUT2D eigenvalue weighted by Crippen LogP contribution is 2.55. The summed E-state index contributed by atoms with van der Waals surface area (Å²) >= 11 is 13.7. The molecule has 1 N–H and O–H groups in total. The molecule has 1 fully saturated rings. The Hall–Kier alpha value is -3.98. The number of para-hydroxylation sites is 1. The molecule has 3 heterocycles. The Morgan fingerprint density at radius 2 is 1.66 bits per heavy atom. The first-order valence-corrected chi connectivity index (χ1v) is 16.2. The van der Waals surface area contributed by atoms with Crippen LogP contribution in [0.3, 0.4) is 0 Å². The molecule has 3 unspecified atom stereocenters. The van der Waals surface area contributed by atoms with Crippen LogP contribution in [0.1, 0.15) is 21.9 Å². The topological polar surface area (TPSA) is 107 Å². The van der Waals surface area contributed by atoms with Gasteiger partial charge in [-0.1, -0.05) is 64.5 Å². The minimum Gasteiger partial charge on any atom is -0.493 e. The van der Waals surface area contributed by atoms with Crippen molar-refractivity contribution in [3.63, 3.8) is 0 Å². The van der Waals surface area contributed by atoms with E-state index < -0.39 is 63.7 Å². The normalized spacial score (nSPS) is 19.0. The highest BCUT2D eigenvalue weighted by atomic mass is 35.5. The zero-order valence-corrected chi connectivity index (χ0v) is 27.4. The molecule has 2 aliphatic heterocycles. The Bertz CT molecular complexity index is 2000. The van der Waals surface area contributed by atoms with Gasteiger partial charge in [-0.2, -0.15) is 13.2 Å². The first-order valence-electron chi connectivity index (χ1n) is 13.7. The summed E-state index contributed by atoms with van der Waals surface area (Å²) < 4.78 is 54.1. The van der Waals surface area contributed by atoms with Crippen LogP contribution in [0.5, 0.6) is 11.5 Å². The van der Waals surface area contributed by atoms with E-state index in [4.69, 9.17) is 32.7 Å². The van der Waals surface area contributed by atoms with E-state index in [0.717, 1.165) is 35.2 Å². The van der Waals surface area contributed by atoms with Gasteiger partial charge in [0.2, 0.25) is 17.7 Å². The zero-order valence-electron chi connectivity index (χ0n) is 24.3. The molecule has 4 aromatic rings. The van der Waals surface area contributed by atoms with Gasteiger partial charge in [0.25, 0.3) is 0 Å². The number of methoxy groups -OCH3 is 2. The Morgan fingerprint density at radius 1 is 0.936 bits per heavy atom. The van der Waals surface area contributed by atoms with E-state index in [-0.39, 0.29) is 15.1 Å². The van der Waals surface area contributed by atoms with Gasteiger partial charge in [0, 0.05) is 16.5 Å². The Balaban J connectivity index is 1.45. The van der Waals surface area contributed by atoms with Crippen molar-refractivity contribution in [1.82, 2.24) is 4.57 Å². The maximum atomic E-state index is 14.1. The summed E-state index contributed by atoms with van der Waals surface area (Å²) in [6, 6.07) is 13.6. The van der Waals surface area contributed by atoms with E-state index in [1.54, 1.807) is 18.2 Å². The highest BCUT2D eigenvalue weighted by Gasteiger charge is 2.58. The maximum Gasteiger partial charge on any atom is 0.418 e. The molecule has 0 saturated carbocycles. The van der Waals surface area contributed by atoms with Crippen molar-refractivity contribution >= 4 is 75.4 Å². The zero-order chi connectivity index (χ0) is 33.8. The lowest BCUT2D eigenvalue weighted by Gasteiger charge is -2.31. The van der Waals surface area contributed by atoms with Gasteiger partial charge < -0.3 is 14.8 Å². The Kier molecular flexibility index (Phi) is 8.81.